The van der Waals surface area contributed by atoms with Crippen LogP contribution in [0.4, 0.5) is 4.79 Å². The molecule has 41 heavy (non-hydrogen) atoms. The molecule has 0 bridgehead atoms. The van der Waals surface area contributed by atoms with E-state index in [-0.39, 0.29) is 34.6 Å². The molecule has 0 aliphatic carbocycles. The third-order valence-electron chi connectivity index (χ3n) is 6.15. The fourth-order valence-corrected chi connectivity index (χ4v) is 6.65. The van der Waals surface area contributed by atoms with Crippen LogP contribution in [0.1, 0.15) is 60.1 Å². The molecule has 11 nitrogen and oxygen atoms in total. The lowest BCUT2D eigenvalue weighted by Crippen LogP contribution is -2.43. The average molecular weight is 604 g/mol. The molecule has 3 aromatic rings. The van der Waals surface area contributed by atoms with Gasteiger partial charge in [0.25, 0.3) is 10.0 Å². The number of nitrogens with zero attached hydrogens (tertiary/aromatic N) is 2. The zero-order valence-electron chi connectivity index (χ0n) is 24.3. The van der Waals surface area contributed by atoms with Crippen LogP contribution in [0.5, 0.6) is 5.75 Å². The highest BCUT2D eigenvalue weighted by Crippen LogP contribution is 2.30. The topological polar surface area (TPSA) is 162 Å². The van der Waals surface area contributed by atoms with Gasteiger partial charge in [-0.3, -0.25) is 9.79 Å². The number of aliphatic imine (C=N–C) groups is 1. The minimum absolute atomic E-state index is 0.105. The number of hydrogen-bond donors (Lipinski definition) is 3. The van der Waals surface area contributed by atoms with Crippen LogP contribution in [0.25, 0.3) is 10.2 Å². The summed E-state index contributed by atoms with van der Waals surface area (Å²) in [5, 5.41) is 2.91. The van der Waals surface area contributed by atoms with Crippen molar-refractivity contribution in [1.29, 1.82) is 0 Å². The number of benzene rings is 2. The maximum Gasteiger partial charge on any atom is 0.408 e. The standard InChI is InChI=1S/C28H37N5O6S2/c1-16-15-21(38-7)17(2)18(3)24(16)41(36,37)33-26(29)30-14-10-12-20(32-27(35)39-28(4,5)6)23(34)25-31-19-11-8-9-13-22(19)40-25/h8-9,11,13,15,20H,10,12,14H2,1-7H3,(H,32,35)(H3,29,30,33)/t20-/m0/s1. The van der Waals surface area contributed by atoms with Gasteiger partial charge in [0.05, 0.1) is 28.3 Å². The number of sulfonamides is 1. The van der Waals surface area contributed by atoms with Crippen LogP contribution in [0.15, 0.2) is 40.2 Å². The summed E-state index contributed by atoms with van der Waals surface area (Å²) in [6, 6.07) is 8.11. The van der Waals surface area contributed by atoms with Crippen molar-refractivity contribution in [1.82, 2.24) is 15.0 Å². The summed E-state index contributed by atoms with van der Waals surface area (Å²) in [7, 11) is -2.49. The van der Waals surface area contributed by atoms with E-state index in [4.69, 9.17) is 15.2 Å². The number of fused-ring (bicyclic) bond motifs is 1. The van der Waals surface area contributed by atoms with Gasteiger partial charge in [-0.05, 0) is 89.3 Å². The Morgan fingerprint density at radius 2 is 1.83 bits per heavy atom. The molecule has 0 aliphatic rings. The minimum atomic E-state index is -4.01. The number of alkyl carbamates (subject to hydrolysis) is 1. The number of rotatable bonds is 10. The van der Waals surface area contributed by atoms with Crippen LogP contribution in [0.2, 0.25) is 0 Å². The highest BCUT2D eigenvalue weighted by molar-refractivity contribution is 7.90. The van der Waals surface area contributed by atoms with Gasteiger partial charge < -0.3 is 20.5 Å². The molecule has 4 N–H and O–H groups in total. The number of carbonyl (C=O) groups is 2. The average Bonchev–Trinajstić information content (AvgIpc) is 3.30. The highest BCUT2D eigenvalue weighted by Gasteiger charge is 2.27. The molecule has 1 amide bonds. The van der Waals surface area contributed by atoms with Gasteiger partial charge in [0.2, 0.25) is 11.7 Å². The number of guanidine groups is 1. The molecule has 1 heterocycles. The number of carbonyl (C=O) groups excluding carboxylic acids is 2. The summed E-state index contributed by atoms with van der Waals surface area (Å²) in [6.07, 6.45) is -0.208. The zero-order chi connectivity index (χ0) is 30.5. The maximum atomic E-state index is 13.3. The highest BCUT2D eigenvalue weighted by atomic mass is 32.2. The van der Waals surface area contributed by atoms with E-state index >= 15 is 0 Å². The summed E-state index contributed by atoms with van der Waals surface area (Å²) in [5.74, 6) is -0.0440. The number of aryl methyl sites for hydroxylation is 1. The Bertz CT molecular complexity index is 1540. The van der Waals surface area contributed by atoms with Crippen LogP contribution < -0.4 is 20.5 Å². The number of nitrogens with two attached hydrogens (primary N) is 1. The molecule has 0 aliphatic heterocycles. The molecular weight excluding hydrogens is 566 g/mol. The molecule has 1 aromatic heterocycles. The van der Waals surface area contributed by atoms with E-state index < -0.39 is 27.8 Å². The number of thiazole rings is 1. The predicted octanol–water partition coefficient (Wildman–Crippen LogP) is 4.38. The summed E-state index contributed by atoms with van der Waals surface area (Å²) < 4.78 is 40.1. The number of ether oxygens (including phenoxy) is 2. The molecule has 13 heteroatoms. The van der Waals surface area contributed by atoms with Crippen molar-refractivity contribution >= 4 is 49.4 Å². The van der Waals surface area contributed by atoms with Gasteiger partial charge in [-0.25, -0.2) is 22.9 Å². The largest absolute Gasteiger partial charge is 0.496 e. The number of methoxy groups -OCH3 is 1. The summed E-state index contributed by atoms with van der Waals surface area (Å²) in [5.41, 5.74) is 7.63. The summed E-state index contributed by atoms with van der Waals surface area (Å²) in [4.78, 5) is 34.5. The van der Waals surface area contributed by atoms with Crippen molar-refractivity contribution < 1.29 is 27.5 Å². The molecule has 2 aromatic carbocycles. The third kappa shape index (κ3) is 8.17. The molecule has 222 valence electrons. The van der Waals surface area contributed by atoms with E-state index in [1.165, 1.54) is 18.4 Å². The predicted molar refractivity (Wildman–Crippen MR) is 160 cm³/mol. The fraction of sp³-hybridized carbons (Fsp3) is 0.429. The second-order valence-electron chi connectivity index (χ2n) is 10.5. The number of amides is 1. The van der Waals surface area contributed by atoms with E-state index in [0.29, 0.717) is 34.4 Å². The lowest BCUT2D eigenvalue weighted by Gasteiger charge is -2.22. The molecule has 0 radical (unpaired) electrons. The van der Waals surface area contributed by atoms with Crippen molar-refractivity contribution in [2.24, 2.45) is 10.7 Å². The van der Waals surface area contributed by atoms with Crippen molar-refractivity contribution in [3.63, 3.8) is 0 Å². The summed E-state index contributed by atoms with van der Waals surface area (Å²) in [6.45, 7) is 10.4. The Hall–Kier alpha value is -3.71. The summed E-state index contributed by atoms with van der Waals surface area (Å²) >= 11 is 1.24. The molecule has 0 saturated carbocycles. The molecule has 0 unspecified atom stereocenters. The van der Waals surface area contributed by atoms with E-state index in [9.17, 15) is 18.0 Å². The lowest BCUT2D eigenvalue weighted by atomic mass is 10.1. The Morgan fingerprint density at radius 3 is 2.46 bits per heavy atom. The first-order valence-electron chi connectivity index (χ1n) is 13.0. The second-order valence-corrected chi connectivity index (χ2v) is 13.2. The van der Waals surface area contributed by atoms with Gasteiger partial charge in [0.15, 0.2) is 5.01 Å². The minimum Gasteiger partial charge on any atom is -0.496 e. The Kier molecular flexibility index (Phi) is 9.98. The molecule has 1 atom stereocenters. The number of aromatic nitrogens is 1. The number of nitrogens with one attached hydrogen (secondary N) is 2. The van der Waals surface area contributed by atoms with Crippen molar-refractivity contribution in [2.45, 2.75) is 70.9 Å². The Balaban J connectivity index is 1.71. The van der Waals surface area contributed by atoms with Crippen molar-refractivity contribution in [2.75, 3.05) is 13.7 Å². The quantitative estimate of drug-likeness (QED) is 0.133. The van der Waals surface area contributed by atoms with Crippen LogP contribution in [0, 0.1) is 20.8 Å². The Labute approximate surface area is 244 Å². The number of ketones is 1. The number of para-hydroxylation sites is 1. The first-order valence-corrected chi connectivity index (χ1v) is 15.3. The van der Waals surface area contributed by atoms with Gasteiger partial charge in [-0.2, -0.15) is 0 Å². The monoisotopic (exact) mass is 603 g/mol. The zero-order valence-corrected chi connectivity index (χ0v) is 26.0. The van der Waals surface area contributed by atoms with Crippen molar-refractivity contribution in [3.8, 4) is 5.75 Å². The van der Waals surface area contributed by atoms with Crippen LogP contribution in [-0.4, -0.2) is 56.5 Å². The first kappa shape index (κ1) is 31.8. The van der Waals surface area contributed by atoms with Crippen molar-refractivity contribution in [3.05, 3.63) is 52.0 Å². The van der Waals surface area contributed by atoms with Crippen LogP contribution in [0.3, 0.4) is 0 Å². The van der Waals surface area contributed by atoms with E-state index in [1.807, 2.05) is 24.3 Å². The van der Waals surface area contributed by atoms with Gasteiger partial charge in [0, 0.05) is 6.54 Å². The number of hydrogen-bond acceptors (Lipinski definition) is 9. The van der Waals surface area contributed by atoms with Gasteiger partial charge in [-0.15, -0.1) is 11.3 Å². The lowest BCUT2D eigenvalue weighted by molar-refractivity contribution is 0.0488. The van der Waals surface area contributed by atoms with Gasteiger partial charge in [-0.1, -0.05) is 12.1 Å². The van der Waals surface area contributed by atoms with Crippen LogP contribution in [-0.2, 0) is 14.8 Å². The van der Waals surface area contributed by atoms with Gasteiger partial charge in [0.1, 0.15) is 11.4 Å². The normalized spacial score (nSPS) is 13.1. The van der Waals surface area contributed by atoms with Crippen LogP contribution >= 0.6 is 11.3 Å². The molecule has 3 rings (SSSR count). The molecule has 0 spiro atoms. The smallest absolute Gasteiger partial charge is 0.408 e. The first-order chi connectivity index (χ1) is 19.1. The van der Waals surface area contributed by atoms with E-state index in [1.54, 1.807) is 47.6 Å². The second kappa shape index (κ2) is 12.9. The molecular formula is C28H37N5O6S2. The third-order valence-corrected chi connectivity index (χ3v) is 8.85. The fourth-order valence-electron chi connectivity index (χ4n) is 4.21. The van der Waals surface area contributed by atoms with E-state index in [2.05, 4.69) is 20.0 Å². The number of Topliss-reactive ketones (excluding diaryl/α,β-unsaturated/α-hetero) is 1. The van der Waals surface area contributed by atoms with E-state index in [0.717, 1.165) is 4.70 Å². The molecule has 0 saturated heterocycles. The molecule has 0 fully saturated rings. The maximum absolute atomic E-state index is 13.3. The SMILES string of the molecule is COc1cc(C)c(S(=O)(=O)NC(N)=NCCC[C@H](NC(=O)OC(C)(C)C)C(=O)c2nc3ccccc3s2)c(C)c1C. The van der Waals surface area contributed by atoms with Gasteiger partial charge >= 0.3 is 6.09 Å². The Morgan fingerprint density at radius 1 is 1.15 bits per heavy atom.